The maximum atomic E-state index is 13.6. The highest BCUT2D eigenvalue weighted by molar-refractivity contribution is 5.80. The van der Waals surface area contributed by atoms with Gasteiger partial charge in [0.2, 0.25) is 0 Å². The zero-order valence-electron chi connectivity index (χ0n) is 24.3. The number of halogens is 1. The summed E-state index contributed by atoms with van der Waals surface area (Å²) in [6, 6.07) is 12.3. The number of hydrogen-bond donors (Lipinski definition) is 0. The molecule has 3 aliphatic rings. The zero-order valence-corrected chi connectivity index (χ0v) is 24.3. The summed E-state index contributed by atoms with van der Waals surface area (Å²) < 4.78 is 32.5. The number of carbonyl (C=O) groups is 1. The fourth-order valence-corrected chi connectivity index (χ4v) is 6.78. The van der Waals surface area contributed by atoms with Crippen LogP contribution in [0, 0.1) is 12.7 Å². The maximum Gasteiger partial charge on any atom is 0.348 e. The Bertz CT molecular complexity index is 1720. The van der Waals surface area contributed by atoms with Gasteiger partial charge in [0, 0.05) is 41.7 Å². The van der Waals surface area contributed by atoms with Crippen LogP contribution in [0.1, 0.15) is 72.5 Å². The van der Waals surface area contributed by atoms with Crippen molar-refractivity contribution in [3.05, 3.63) is 87.0 Å². The van der Waals surface area contributed by atoms with Crippen LogP contribution in [0.2, 0.25) is 0 Å². The molecule has 9 nitrogen and oxygen atoms in total. The van der Waals surface area contributed by atoms with E-state index < -0.39 is 18.2 Å². The second kappa shape index (κ2) is 11.6. The van der Waals surface area contributed by atoms with Crippen LogP contribution in [-0.4, -0.2) is 51.3 Å². The normalized spacial score (nSPS) is 20.8. The number of nitrogens with zero attached hydrogens (tertiary/aromatic N) is 4. The van der Waals surface area contributed by atoms with Crippen LogP contribution in [-0.2, 0) is 28.9 Å². The lowest BCUT2D eigenvalue weighted by Gasteiger charge is -2.31. The standard InChI is InChI=1S/C33H35FN4O5/c1-20-24(14-18-37-16-12-22(13-17-37)30-25-10-9-23(34)19-29(25)43-36-30)32(39)38-15-4-7-27(31(38)35-20)42-33(40)28-11-8-21-5-2-3-6-26(21)41-28/h2-3,5-6,9-10,19,22,27-28H,4,7-8,11-18H2,1H3/t27-,28+/m1/s1. The van der Waals surface area contributed by atoms with Crippen molar-refractivity contribution in [2.24, 2.45) is 0 Å². The molecule has 0 amide bonds. The van der Waals surface area contributed by atoms with Gasteiger partial charge in [0.05, 0.1) is 5.69 Å². The van der Waals surface area contributed by atoms with E-state index in [0.717, 1.165) is 73.3 Å². The average molecular weight is 587 g/mol. The van der Waals surface area contributed by atoms with E-state index >= 15 is 0 Å². The summed E-state index contributed by atoms with van der Waals surface area (Å²) in [6.07, 6.45) is 3.91. The van der Waals surface area contributed by atoms with Gasteiger partial charge < -0.3 is 18.9 Å². The topological polar surface area (TPSA) is 99.7 Å². The molecule has 1 saturated heterocycles. The zero-order chi connectivity index (χ0) is 29.5. The van der Waals surface area contributed by atoms with Gasteiger partial charge in [-0.2, -0.15) is 0 Å². The van der Waals surface area contributed by atoms with Crippen LogP contribution in [0.15, 0.2) is 51.8 Å². The minimum absolute atomic E-state index is 0.0396. The fourth-order valence-electron chi connectivity index (χ4n) is 6.78. The summed E-state index contributed by atoms with van der Waals surface area (Å²) in [5, 5.41) is 5.13. The minimum atomic E-state index is -0.660. The molecule has 2 atom stereocenters. The molecular weight excluding hydrogens is 551 g/mol. The molecule has 0 unspecified atom stereocenters. The lowest BCUT2D eigenvalue weighted by molar-refractivity contribution is -0.160. The van der Waals surface area contributed by atoms with Crippen LogP contribution in [0.4, 0.5) is 4.39 Å². The molecule has 7 rings (SSSR count). The van der Waals surface area contributed by atoms with Gasteiger partial charge in [-0.05, 0) is 88.7 Å². The van der Waals surface area contributed by atoms with E-state index in [1.54, 1.807) is 10.6 Å². The monoisotopic (exact) mass is 586 g/mol. The van der Waals surface area contributed by atoms with Crippen LogP contribution in [0.25, 0.3) is 11.0 Å². The predicted octanol–water partition coefficient (Wildman–Crippen LogP) is 5.03. The Kier molecular flexibility index (Phi) is 7.46. The first-order chi connectivity index (χ1) is 20.9. The number of carbonyl (C=O) groups excluding carboxylic acids is 1. The molecular formula is C33H35FN4O5. The third-order valence-corrected chi connectivity index (χ3v) is 9.19. The summed E-state index contributed by atoms with van der Waals surface area (Å²) in [6.45, 7) is 4.96. The number of aromatic nitrogens is 3. The number of likely N-dealkylation sites (tertiary alicyclic amines) is 1. The number of ether oxygens (including phenoxy) is 2. The summed E-state index contributed by atoms with van der Waals surface area (Å²) in [5.41, 5.74) is 3.85. The molecule has 2 aromatic carbocycles. The second-order valence-corrected chi connectivity index (χ2v) is 11.9. The van der Waals surface area contributed by atoms with Crippen LogP contribution >= 0.6 is 0 Å². The van der Waals surface area contributed by atoms with Crippen molar-refractivity contribution in [2.45, 2.75) is 76.5 Å². The number of rotatable bonds is 6. The van der Waals surface area contributed by atoms with E-state index in [0.29, 0.717) is 42.9 Å². The molecule has 4 aromatic rings. The van der Waals surface area contributed by atoms with E-state index in [9.17, 15) is 14.0 Å². The van der Waals surface area contributed by atoms with Gasteiger partial charge in [-0.15, -0.1) is 0 Å². The Balaban J connectivity index is 0.986. The molecule has 10 heteroatoms. The number of benzene rings is 2. The Morgan fingerprint density at radius 2 is 1.93 bits per heavy atom. The Hall–Kier alpha value is -4.05. The van der Waals surface area contributed by atoms with Gasteiger partial charge >= 0.3 is 5.97 Å². The third-order valence-electron chi connectivity index (χ3n) is 9.19. The minimum Gasteiger partial charge on any atom is -0.478 e. The first-order valence-electron chi connectivity index (χ1n) is 15.3. The quantitative estimate of drug-likeness (QED) is 0.290. The van der Waals surface area contributed by atoms with Crippen molar-refractivity contribution in [1.82, 2.24) is 19.6 Å². The number of esters is 1. The summed E-state index contributed by atoms with van der Waals surface area (Å²) in [4.78, 5) is 33.9. The van der Waals surface area contributed by atoms with Gasteiger partial charge in [0.25, 0.3) is 5.56 Å². The molecule has 0 spiro atoms. The lowest BCUT2D eigenvalue weighted by atomic mass is 9.91. The van der Waals surface area contributed by atoms with Crippen molar-refractivity contribution >= 4 is 16.9 Å². The van der Waals surface area contributed by atoms with Crippen molar-refractivity contribution in [3.8, 4) is 5.75 Å². The molecule has 3 aliphatic heterocycles. The van der Waals surface area contributed by atoms with Gasteiger partial charge in [-0.25, -0.2) is 14.2 Å². The lowest BCUT2D eigenvalue weighted by Crippen LogP contribution is -2.39. The third kappa shape index (κ3) is 5.44. The summed E-state index contributed by atoms with van der Waals surface area (Å²) in [5.74, 6) is 0.780. The van der Waals surface area contributed by atoms with Crippen molar-refractivity contribution in [3.63, 3.8) is 0 Å². The summed E-state index contributed by atoms with van der Waals surface area (Å²) in [7, 11) is 0. The molecule has 0 saturated carbocycles. The summed E-state index contributed by atoms with van der Waals surface area (Å²) >= 11 is 0. The molecule has 0 aliphatic carbocycles. The van der Waals surface area contributed by atoms with Crippen LogP contribution in [0.5, 0.6) is 5.75 Å². The number of hydrogen-bond acceptors (Lipinski definition) is 8. The molecule has 1 fully saturated rings. The first kappa shape index (κ1) is 27.8. The van der Waals surface area contributed by atoms with Crippen LogP contribution < -0.4 is 10.3 Å². The predicted molar refractivity (Wildman–Crippen MR) is 157 cm³/mol. The Labute approximate surface area is 248 Å². The molecule has 224 valence electrons. The number of para-hydroxylation sites is 1. The highest BCUT2D eigenvalue weighted by Gasteiger charge is 2.33. The first-order valence-corrected chi connectivity index (χ1v) is 15.3. The number of piperidine rings is 1. The smallest absolute Gasteiger partial charge is 0.348 e. The largest absolute Gasteiger partial charge is 0.478 e. The molecule has 2 aromatic heterocycles. The fraction of sp³-hybridized carbons (Fsp3) is 0.455. The van der Waals surface area contributed by atoms with Gasteiger partial charge in [-0.1, -0.05) is 23.4 Å². The molecule has 43 heavy (non-hydrogen) atoms. The Morgan fingerprint density at radius 3 is 2.79 bits per heavy atom. The molecule has 0 N–H and O–H groups in total. The highest BCUT2D eigenvalue weighted by atomic mass is 19.1. The number of aryl methyl sites for hydroxylation is 2. The van der Waals surface area contributed by atoms with Crippen LogP contribution in [0.3, 0.4) is 0 Å². The SMILES string of the molecule is Cc1nc2n(c(=O)c1CCN1CCC(c3noc4cc(F)ccc34)CC1)CCC[C@H]2OC(=O)[C@@H]1CCc2ccccc2O1. The van der Waals surface area contributed by atoms with Gasteiger partial charge in [-0.3, -0.25) is 9.36 Å². The Morgan fingerprint density at radius 1 is 1.09 bits per heavy atom. The van der Waals surface area contributed by atoms with Gasteiger partial charge in [0.1, 0.15) is 11.6 Å². The molecule has 0 bridgehead atoms. The molecule has 5 heterocycles. The highest BCUT2D eigenvalue weighted by Crippen LogP contribution is 2.34. The van der Waals surface area contributed by atoms with E-state index in [-0.39, 0.29) is 17.3 Å². The maximum absolute atomic E-state index is 13.6. The van der Waals surface area contributed by atoms with Gasteiger partial charge in [0.15, 0.2) is 23.6 Å². The van der Waals surface area contributed by atoms with Crippen molar-refractivity contribution < 1.29 is 23.2 Å². The second-order valence-electron chi connectivity index (χ2n) is 11.9. The van der Waals surface area contributed by atoms with Crippen molar-refractivity contribution in [1.29, 1.82) is 0 Å². The van der Waals surface area contributed by atoms with E-state index in [2.05, 4.69) is 10.1 Å². The van der Waals surface area contributed by atoms with E-state index in [1.807, 2.05) is 31.2 Å². The number of fused-ring (bicyclic) bond motifs is 3. The van der Waals surface area contributed by atoms with E-state index in [1.165, 1.54) is 12.1 Å². The molecule has 0 radical (unpaired) electrons. The van der Waals surface area contributed by atoms with Crippen molar-refractivity contribution in [2.75, 3.05) is 19.6 Å². The average Bonchev–Trinajstić information content (AvgIpc) is 3.44. The van der Waals surface area contributed by atoms with E-state index in [4.69, 9.17) is 19.0 Å².